The molecule has 0 radical (unpaired) electrons. The number of rotatable bonds is 9. The van der Waals surface area contributed by atoms with Gasteiger partial charge in [-0.25, -0.2) is 0 Å². The molecule has 0 aromatic heterocycles. The van der Waals surface area contributed by atoms with Crippen molar-refractivity contribution in [2.45, 2.75) is 32.1 Å². The second-order valence-electron chi connectivity index (χ2n) is 7.20. The third-order valence-electron chi connectivity index (χ3n) is 5.32. The zero-order valence-electron chi connectivity index (χ0n) is 14.6. The smallest absolute Gasteiger partial charge is 0.308 e. The van der Waals surface area contributed by atoms with Crippen molar-refractivity contribution >= 4 is 11.9 Å². The number of hydrogen-bond acceptors (Lipinski definition) is 3. The Labute approximate surface area is 149 Å². The van der Waals surface area contributed by atoms with Gasteiger partial charge in [-0.3, -0.25) is 9.59 Å². The Bertz CT molecular complexity index is 585. The van der Waals surface area contributed by atoms with Crippen LogP contribution in [-0.2, 0) is 20.7 Å². The number of nitrogens with zero attached hydrogens (tertiary/aromatic N) is 1. The average molecular weight is 345 g/mol. The fraction of sp³-hybridized carbons (Fsp3) is 0.600. The van der Waals surface area contributed by atoms with E-state index in [2.05, 4.69) is 12.1 Å². The van der Waals surface area contributed by atoms with Crippen LogP contribution >= 0.6 is 0 Å². The van der Waals surface area contributed by atoms with E-state index in [1.165, 1.54) is 5.56 Å². The number of benzene rings is 1. The second-order valence-corrected chi connectivity index (χ2v) is 7.20. The highest BCUT2D eigenvalue weighted by Crippen LogP contribution is 2.44. The van der Waals surface area contributed by atoms with E-state index in [-0.39, 0.29) is 17.7 Å². The maximum atomic E-state index is 12.3. The van der Waals surface area contributed by atoms with Crippen molar-refractivity contribution in [3.8, 4) is 0 Å². The summed E-state index contributed by atoms with van der Waals surface area (Å²) in [5.74, 6) is -0.389. The van der Waals surface area contributed by atoms with Crippen LogP contribution in [0.15, 0.2) is 30.3 Å². The van der Waals surface area contributed by atoms with Crippen LogP contribution in [0.2, 0.25) is 0 Å². The van der Waals surface area contributed by atoms with E-state index >= 15 is 0 Å². The summed E-state index contributed by atoms with van der Waals surface area (Å²) in [6.07, 6.45) is 4.24. The normalized spacial score (nSPS) is 23.0. The second kappa shape index (κ2) is 8.48. The molecule has 1 saturated carbocycles. The van der Waals surface area contributed by atoms with Crippen LogP contribution in [-0.4, -0.2) is 48.2 Å². The Kier molecular flexibility index (Phi) is 6.08. The quantitative estimate of drug-likeness (QED) is 0.699. The molecule has 2 aliphatic rings. The van der Waals surface area contributed by atoms with Gasteiger partial charge >= 0.3 is 5.97 Å². The topological polar surface area (TPSA) is 66.8 Å². The number of ether oxygens (including phenoxy) is 1. The van der Waals surface area contributed by atoms with Crippen LogP contribution in [0.1, 0.15) is 31.2 Å². The van der Waals surface area contributed by atoms with Crippen molar-refractivity contribution in [3.05, 3.63) is 35.9 Å². The molecule has 1 saturated heterocycles. The van der Waals surface area contributed by atoms with Crippen molar-refractivity contribution in [1.82, 2.24) is 4.90 Å². The largest absolute Gasteiger partial charge is 0.481 e. The van der Waals surface area contributed by atoms with Gasteiger partial charge in [-0.2, -0.15) is 0 Å². The van der Waals surface area contributed by atoms with Crippen LogP contribution in [0.5, 0.6) is 0 Å². The molecule has 25 heavy (non-hydrogen) atoms. The summed E-state index contributed by atoms with van der Waals surface area (Å²) in [7, 11) is 0. The Morgan fingerprint density at radius 2 is 1.88 bits per heavy atom. The van der Waals surface area contributed by atoms with Gasteiger partial charge in [-0.15, -0.1) is 0 Å². The maximum absolute atomic E-state index is 12.3. The summed E-state index contributed by atoms with van der Waals surface area (Å²) in [6, 6.07) is 10.2. The number of hydrogen-bond donors (Lipinski definition) is 1. The molecule has 0 unspecified atom stereocenters. The molecule has 136 valence electrons. The number of carboxylic acid groups (broad SMARTS) is 1. The molecule has 3 rings (SSSR count). The van der Waals surface area contributed by atoms with E-state index in [1.54, 1.807) is 4.90 Å². The predicted octanol–water partition coefficient (Wildman–Crippen LogP) is 2.60. The Morgan fingerprint density at radius 1 is 1.12 bits per heavy atom. The van der Waals surface area contributed by atoms with Crippen LogP contribution in [0.4, 0.5) is 0 Å². The third kappa shape index (κ3) is 5.05. The zero-order chi connectivity index (χ0) is 17.6. The van der Waals surface area contributed by atoms with E-state index in [4.69, 9.17) is 4.74 Å². The number of carbonyl (C=O) groups is 2. The molecule has 2 atom stereocenters. The van der Waals surface area contributed by atoms with Crippen molar-refractivity contribution in [2.75, 3.05) is 26.3 Å². The number of likely N-dealkylation sites (tertiary alicyclic amines) is 1. The van der Waals surface area contributed by atoms with Crippen LogP contribution in [0.25, 0.3) is 0 Å². The van der Waals surface area contributed by atoms with E-state index in [1.807, 2.05) is 18.2 Å². The Balaban J connectivity index is 1.32. The van der Waals surface area contributed by atoms with Crippen LogP contribution < -0.4 is 0 Å². The molecule has 1 aliphatic carbocycles. The molecule has 0 spiro atoms. The lowest BCUT2D eigenvalue weighted by Crippen LogP contribution is -2.29. The predicted molar refractivity (Wildman–Crippen MR) is 94.1 cm³/mol. The zero-order valence-corrected chi connectivity index (χ0v) is 14.6. The summed E-state index contributed by atoms with van der Waals surface area (Å²) in [6.45, 7) is 2.23. The summed E-state index contributed by atoms with van der Waals surface area (Å²) in [5, 5.41) is 9.37. The minimum atomic E-state index is -0.753. The fourth-order valence-electron chi connectivity index (χ4n) is 3.72. The lowest BCUT2D eigenvalue weighted by molar-refractivity contribution is -0.142. The van der Waals surface area contributed by atoms with E-state index in [9.17, 15) is 14.7 Å². The molecule has 1 N–H and O–H groups in total. The summed E-state index contributed by atoms with van der Waals surface area (Å²) in [4.78, 5) is 25.5. The van der Waals surface area contributed by atoms with E-state index < -0.39 is 5.97 Å². The van der Waals surface area contributed by atoms with Crippen molar-refractivity contribution in [2.24, 2.45) is 17.8 Å². The monoisotopic (exact) mass is 345 g/mol. The molecular formula is C20H27NO4. The number of amides is 1. The molecule has 1 aromatic carbocycles. The van der Waals surface area contributed by atoms with Crippen molar-refractivity contribution in [1.29, 1.82) is 0 Å². The van der Waals surface area contributed by atoms with Gasteiger partial charge < -0.3 is 14.7 Å². The highest BCUT2D eigenvalue weighted by atomic mass is 16.5. The van der Waals surface area contributed by atoms with Gasteiger partial charge in [-0.1, -0.05) is 30.3 Å². The van der Waals surface area contributed by atoms with E-state index in [0.717, 1.165) is 19.3 Å². The van der Waals surface area contributed by atoms with Crippen molar-refractivity contribution in [3.63, 3.8) is 0 Å². The highest BCUT2D eigenvalue weighted by Gasteiger charge is 2.46. The van der Waals surface area contributed by atoms with Gasteiger partial charge in [-0.05, 0) is 43.1 Å². The molecule has 1 amide bonds. The molecule has 0 bridgehead atoms. The minimum Gasteiger partial charge on any atom is -0.481 e. The first-order valence-corrected chi connectivity index (χ1v) is 9.27. The Hall–Kier alpha value is -1.88. The maximum Gasteiger partial charge on any atom is 0.308 e. The summed E-state index contributed by atoms with van der Waals surface area (Å²) in [5.41, 5.74) is 1.25. The lowest BCUT2D eigenvalue weighted by Gasteiger charge is -2.16. The molecular weight excluding hydrogens is 318 g/mol. The average Bonchev–Trinajstić information content (AvgIpc) is 3.36. The summed E-state index contributed by atoms with van der Waals surface area (Å²) >= 11 is 0. The van der Waals surface area contributed by atoms with Crippen LogP contribution in [0, 0.1) is 17.8 Å². The van der Waals surface area contributed by atoms with Gasteiger partial charge in [0.05, 0.1) is 12.5 Å². The molecule has 5 heteroatoms. The van der Waals surface area contributed by atoms with Gasteiger partial charge in [0.2, 0.25) is 5.91 Å². The van der Waals surface area contributed by atoms with Gasteiger partial charge in [0.15, 0.2) is 0 Å². The molecule has 2 fully saturated rings. The standard InChI is InChI=1S/C20H27NO4/c22-19(7-4-11-25-12-10-15-5-2-1-3-6-15)21-13-17(16-8-9-16)18(14-21)20(23)24/h1-3,5-6,16-18H,4,7-14H2,(H,23,24)/t17-,18+/m1/s1. The molecule has 5 nitrogen and oxygen atoms in total. The highest BCUT2D eigenvalue weighted by molar-refractivity contribution is 5.79. The van der Waals surface area contributed by atoms with Gasteiger partial charge in [0.25, 0.3) is 0 Å². The first-order valence-electron chi connectivity index (χ1n) is 9.27. The van der Waals surface area contributed by atoms with Crippen molar-refractivity contribution < 1.29 is 19.4 Å². The van der Waals surface area contributed by atoms with Gasteiger partial charge in [0.1, 0.15) is 0 Å². The number of carboxylic acids is 1. The molecule has 1 aliphatic heterocycles. The van der Waals surface area contributed by atoms with Crippen LogP contribution in [0.3, 0.4) is 0 Å². The molecule has 1 aromatic rings. The lowest BCUT2D eigenvalue weighted by atomic mass is 9.92. The third-order valence-corrected chi connectivity index (χ3v) is 5.32. The Morgan fingerprint density at radius 3 is 2.56 bits per heavy atom. The summed E-state index contributed by atoms with van der Waals surface area (Å²) < 4.78 is 5.61. The first kappa shape index (κ1) is 17.9. The SMILES string of the molecule is O=C(O)[C@H]1CN(C(=O)CCCOCCc2ccccc2)C[C@@H]1C1CC1. The van der Waals surface area contributed by atoms with E-state index in [0.29, 0.717) is 45.1 Å². The number of carbonyl (C=O) groups excluding carboxylic acids is 1. The van der Waals surface area contributed by atoms with Gasteiger partial charge in [0, 0.05) is 26.1 Å². The fourth-order valence-corrected chi connectivity index (χ4v) is 3.72. The first-order chi connectivity index (χ1) is 12.1. The minimum absolute atomic E-state index is 0.0704. The molecule has 1 heterocycles. The number of aliphatic carboxylic acids is 1.